The van der Waals surface area contributed by atoms with Gasteiger partial charge in [0.25, 0.3) is 0 Å². The fourth-order valence-corrected chi connectivity index (χ4v) is 3.69. The third-order valence-electron chi connectivity index (χ3n) is 2.51. The standard InChI is InChI=1S/C7H11FO2.C6H6Cl6/c1-5(2)6(9)10-7(3,4)8;7-1-2(8)4(10)6(12)5(11)3(1)9/h1H2,2-4H3;1-6H/t;1-,2-,3-,4+,5+,6+. The summed E-state index contributed by atoms with van der Waals surface area (Å²) in [7, 11) is 0. The Morgan fingerprint density at radius 2 is 1.14 bits per heavy atom. The van der Waals surface area contributed by atoms with Gasteiger partial charge in [0, 0.05) is 19.4 Å². The molecule has 0 N–H and O–H groups in total. The van der Waals surface area contributed by atoms with Crippen LogP contribution in [0.15, 0.2) is 12.2 Å². The SMILES string of the molecule is C=C(C)C(=O)OC(C)(C)F.Cl[C@H]1[C@H](Cl)[C@@H](Cl)[C@@H](Cl)[C@H](Cl)[C@H]1Cl. The Morgan fingerprint density at radius 3 is 1.23 bits per heavy atom. The van der Waals surface area contributed by atoms with Crippen molar-refractivity contribution in [2.75, 3.05) is 0 Å². The van der Waals surface area contributed by atoms with E-state index in [9.17, 15) is 9.18 Å². The monoisotopic (exact) mass is 434 g/mol. The second-order valence-corrected chi connectivity index (χ2v) is 8.22. The van der Waals surface area contributed by atoms with Gasteiger partial charge in [-0.05, 0) is 6.92 Å². The van der Waals surface area contributed by atoms with Crippen molar-refractivity contribution in [2.24, 2.45) is 0 Å². The van der Waals surface area contributed by atoms with Gasteiger partial charge in [-0.1, -0.05) is 6.58 Å². The number of hydrogen-bond donors (Lipinski definition) is 0. The van der Waals surface area contributed by atoms with Crippen LogP contribution in [-0.2, 0) is 9.53 Å². The van der Waals surface area contributed by atoms with Gasteiger partial charge in [-0.25, -0.2) is 4.79 Å². The summed E-state index contributed by atoms with van der Waals surface area (Å²) in [4.78, 5) is 10.6. The van der Waals surface area contributed by atoms with Crippen molar-refractivity contribution in [3.8, 4) is 0 Å². The Balaban J connectivity index is 0.000000409. The van der Waals surface area contributed by atoms with Crippen LogP contribution in [0.1, 0.15) is 20.8 Å². The first-order chi connectivity index (χ1) is 9.79. The number of halogens is 7. The predicted octanol–water partition coefficient (Wildman–Crippen LogP) is 5.46. The number of ether oxygens (including phenoxy) is 1. The van der Waals surface area contributed by atoms with Gasteiger partial charge < -0.3 is 4.74 Å². The largest absolute Gasteiger partial charge is 0.426 e. The fourth-order valence-electron chi connectivity index (χ4n) is 1.36. The molecule has 1 saturated carbocycles. The summed E-state index contributed by atoms with van der Waals surface area (Å²) in [5.74, 6) is -2.61. The third-order valence-corrected chi connectivity index (χ3v) is 6.54. The highest BCUT2D eigenvalue weighted by molar-refractivity contribution is 6.45. The zero-order valence-corrected chi connectivity index (χ0v) is 16.7. The van der Waals surface area contributed by atoms with Crippen LogP contribution in [0.5, 0.6) is 0 Å². The van der Waals surface area contributed by atoms with Gasteiger partial charge in [0.1, 0.15) is 0 Å². The molecule has 9 heteroatoms. The summed E-state index contributed by atoms with van der Waals surface area (Å²) in [6.45, 7) is 7.09. The molecule has 1 aliphatic rings. The van der Waals surface area contributed by atoms with E-state index >= 15 is 0 Å². The highest BCUT2D eigenvalue weighted by Crippen LogP contribution is 2.39. The Hall–Kier alpha value is 0.880. The Morgan fingerprint density at radius 1 is 0.909 bits per heavy atom. The molecule has 0 aromatic heterocycles. The lowest BCUT2D eigenvalue weighted by Crippen LogP contribution is -2.52. The lowest BCUT2D eigenvalue weighted by Gasteiger charge is -2.37. The smallest absolute Gasteiger partial charge is 0.335 e. The highest BCUT2D eigenvalue weighted by atomic mass is 35.5. The quantitative estimate of drug-likeness (QED) is 0.326. The minimum atomic E-state index is -1.91. The maximum absolute atomic E-state index is 12.5. The zero-order valence-electron chi connectivity index (χ0n) is 12.1. The maximum atomic E-state index is 12.5. The summed E-state index contributed by atoms with van der Waals surface area (Å²) in [5.41, 5.74) is 0.200. The summed E-state index contributed by atoms with van der Waals surface area (Å²) in [6.07, 6.45) is 0. The van der Waals surface area contributed by atoms with Gasteiger partial charge in [0.15, 0.2) is 0 Å². The van der Waals surface area contributed by atoms with E-state index in [0.29, 0.717) is 0 Å². The minimum Gasteiger partial charge on any atom is -0.426 e. The van der Waals surface area contributed by atoms with E-state index in [-0.39, 0.29) is 5.57 Å². The molecule has 130 valence electrons. The molecule has 0 heterocycles. The van der Waals surface area contributed by atoms with Gasteiger partial charge in [-0.3, -0.25) is 0 Å². The van der Waals surface area contributed by atoms with Crippen molar-refractivity contribution in [3.05, 3.63) is 12.2 Å². The first-order valence-corrected chi connectivity index (χ1v) is 8.83. The Kier molecular flexibility index (Phi) is 9.76. The molecule has 0 spiro atoms. The Labute approximate surface area is 160 Å². The van der Waals surface area contributed by atoms with E-state index < -0.39 is 44.1 Å². The van der Waals surface area contributed by atoms with Crippen LogP contribution in [0.25, 0.3) is 0 Å². The van der Waals surface area contributed by atoms with Crippen molar-refractivity contribution in [2.45, 2.75) is 58.9 Å². The van der Waals surface area contributed by atoms with E-state index in [0.717, 1.165) is 13.8 Å². The van der Waals surface area contributed by atoms with Gasteiger partial charge in [-0.2, -0.15) is 4.39 Å². The highest BCUT2D eigenvalue weighted by Gasteiger charge is 2.46. The topological polar surface area (TPSA) is 26.3 Å². The predicted molar refractivity (Wildman–Crippen MR) is 93.9 cm³/mol. The van der Waals surface area contributed by atoms with E-state index in [1.807, 2.05) is 0 Å². The van der Waals surface area contributed by atoms with Crippen LogP contribution in [0.3, 0.4) is 0 Å². The summed E-state index contributed by atoms with van der Waals surface area (Å²) in [6, 6.07) is 0. The number of esters is 1. The average Bonchev–Trinajstić information content (AvgIpc) is 2.39. The molecule has 0 radical (unpaired) electrons. The number of carbonyl (C=O) groups is 1. The van der Waals surface area contributed by atoms with Crippen LogP contribution in [0, 0.1) is 0 Å². The van der Waals surface area contributed by atoms with Crippen molar-refractivity contribution < 1.29 is 13.9 Å². The van der Waals surface area contributed by atoms with Gasteiger partial charge in [-0.15, -0.1) is 69.6 Å². The van der Waals surface area contributed by atoms with Crippen LogP contribution < -0.4 is 0 Å². The molecule has 0 unspecified atom stereocenters. The van der Waals surface area contributed by atoms with Crippen LogP contribution in [-0.4, -0.2) is 44.1 Å². The third kappa shape index (κ3) is 7.19. The van der Waals surface area contributed by atoms with Gasteiger partial charge >= 0.3 is 5.97 Å². The normalized spacial score (nSPS) is 35.2. The molecular formula is C13H17Cl6FO2. The van der Waals surface area contributed by atoms with Crippen molar-refractivity contribution >= 4 is 75.6 Å². The zero-order chi connectivity index (χ0) is 17.8. The Bertz CT molecular complexity index is 342. The lowest BCUT2D eigenvalue weighted by molar-refractivity contribution is -0.168. The van der Waals surface area contributed by atoms with E-state index in [2.05, 4.69) is 11.3 Å². The summed E-state index contributed by atoms with van der Waals surface area (Å²) >= 11 is 35.3. The van der Waals surface area contributed by atoms with Crippen molar-refractivity contribution in [3.63, 3.8) is 0 Å². The van der Waals surface area contributed by atoms with Gasteiger partial charge in [0.05, 0.1) is 32.3 Å². The van der Waals surface area contributed by atoms with E-state index in [4.69, 9.17) is 69.6 Å². The molecule has 0 aliphatic heterocycles. The van der Waals surface area contributed by atoms with Crippen LogP contribution in [0.4, 0.5) is 4.39 Å². The van der Waals surface area contributed by atoms with Crippen molar-refractivity contribution in [1.29, 1.82) is 0 Å². The molecule has 0 aromatic rings. The molecule has 0 atom stereocenters. The molecule has 0 aromatic carbocycles. The molecule has 0 amide bonds. The van der Waals surface area contributed by atoms with Gasteiger partial charge in [0.2, 0.25) is 5.85 Å². The number of alkyl halides is 7. The van der Waals surface area contributed by atoms with E-state index in [1.54, 1.807) is 0 Å². The first-order valence-electron chi connectivity index (χ1n) is 6.21. The molecule has 2 nitrogen and oxygen atoms in total. The average molecular weight is 437 g/mol. The molecule has 22 heavy (non-hydrogen) atoms. The second kappa shape index (κ2) is 9.39. The molecule has 1 fully saturated rings. The molecule has 0 bridgehead atoms. The summed E-state index contributed by atoms with van der Waals surface area (Å²) in [5, 5.41) is -2.62. The fraction of sp³-hybridized carbons (Fsp3) is 0.769. The lowest BCUT2D eigenvalue weighted by atomic mass is 9.97. The second-order valence-electron chi connectivity index (χ2n) is 5.20. The minimum absolute atomic E-state index is 0.200. The van der Waals surface area contributed by atoms with Crippen LogP contribution in [0.2, 0.25) is 0 Å². The first kappa shape index (κ1) is 22.9. The number of rotatable bonds is 2. The number of carbonyl (C=O) groups excluding carboxylic acids is 1. The summed E-state index contributed by atoms with van der Waals surface area (Å²) < 4.78 is 16.8. The van der Waals surface area contributed by atoms with E-state index in [1.165, 1.54) is 6.92 Å². The maximum Gasteiger partial charge on any atom is 0.335 e. The molecular weight excluding hydrogens is 420 g/mol. The molecule has 1 rings (SSSR count). The number of hydrogen-bond acceptors (Lipinski definition) is 2. The molecule has 0 saturated heterocycles. The molecule has 1 aliphatic carbocycles. The van der Waals surface area contributed by atoms with Crippen molar-refractivity contribution in [1.82, 2.24) is 0 Å². The van der Waals surface area contributed by atoms with Crippen LogP contribution >= 0.6 is 69.6 Å².